The van der Waals surface area contributed by atoms with Crippen LogP contribution in [0.5, 0.6) is 0 Å². The van der Waals surface area contributed by atoms with Crippen LogP contribution in [0.3, 0.4) is 0 Å². The van der Waals surface area contributed by atoms with Crippen LogP contribution < -0.4 is 5.73 Å². The van der Waals surface area contributed by atoms with Gasteiger partial charge in [0.15, 0.2) is 9.84 Å². The first-order valence-electron chi connectivity index (χ1n) is 5.60. The Bertz CT molecular complexity index is 498. The summed E-state index contributed by atoms with van der Waals surface area (Å²) in [6.07, 6.45) is 1.20. The molecule has 3 nitrogen and oxygen atoms in total. The number of nitrogens with two attached hydrogens (primary N) is 1. The Balaban J connectivity index is 2.18. The predicted molar refractivity (Wildman–Crippen MR) is 64.9 cm³/mol. The molecule has 0 amide bonds. The summed E-state index contributed by atoms with van der Waals surface area (Å²) in [4.78, 5) is 0. The summed E-state index contributed by atoms with van der Waals surface area (Å²) in [5.41, 5.74) is 6.30. The van der Waals surface area contributed by atoms with Crippen molar-refractivity contribution < 1.29 is 12.8 Å². The molecule has 1 aliphatic heterocycles. The lowest BCUT2D eigenvalue weighted by Crippen LogP contribution is -2.34. The minimum absolute atomic E-state index is 0.147. The summed E-state index contributed by atoms with van der Waals surface area (Å²) in [5.74, 6) is 0.0776. The van der Waals surface area contributed by atoms with Crippen molar-refractivity contribution in [1.29, 1.82) is 0 Å². The van der Waals surface area contributed by atoms with Gasteiger partial charge in [0.2, 0.25) is 0 Å². The summed E-state index contributed by atoms with van der Waals surface area (Å²) in [7, 11) is -2.95. The molecule has 1 aromatic rings. The van der Waals surface area contributed by atoms with Gasteiger partial charge in [-0.3, -0.25) is 0 Å². The van der Waals surface area contributed by atoms with Gasteiger partial charge in [-0.25, -0.2) is 12.8 Å². The van der Waals surface area contributed by atoms with Crippen LogP contribution in [0.15, 0.2) is 24.3 Å². The van der Waals surface area contributed by atoms with E-state index in [0.29, 0.717) is 19.4 Å². The lowest BCUT2D eigenvalue weighted by atomic mass is 9.81. The highest BCUT2D eigenvalue weighted by atomic mass is 32.2. The third kappa shape index (κ3) is 2.84. The van der Waals surface area contributed by atoms with Gasteiger partial charge in [0, 0.05) is 5.41 Å². The molecule has 1 atom stereocenters. The Kier molecular flexibility index (Phi) is 3.23. The number of halogens is 1. The monoisotopic (exact) mass is 257 g/mol. The van der Waals surface area contributed by atoms with Gasteiger partial charge in [0.1, 0.15) is 5.82 Å². The van der Waals surface area contributed by atoms with E-state index in [1.165, 1.54) is 12.1 Å². The van der Waals surface area contributed by atoms with E-state index in [-0.39, 0.29) is 22.7 Å². The zero-order chi connectivity index (χ0) is 12.5. The molecule has 0 saturated carbocycles. The second-order valence-electron chi connectivity index (χ2n) is 4.85. The van der Waals surface area contributed by atoms with E-state index in [9.17, 15) is 12.8 Å². The number of rotatable bonds is 3. The van der Waals surface area contributed by atoms with E-state index in [4.69, 9.17) is 5.73 Å². The van der Waals surface area contributed by atoms with Gasteiger partial charge in [-0.15, -0.1) is 0 Å². The van der Waals surface area contributed by atoms with E-state index in [0.717, 1.165) is 5.56 Å². The molecule has 1 unspecified atom stereocenters. The Morgan fingerprint density at radius 1 is 1.29 bits per heavy atom. The summed E-state index contributed by atoms with van der Waals surface area (Å²) < 4.78 is 35.8. The number of benzene rings is 1. The van der Waals surface area contributed by atoms with E-state index >= 15 is 0 Å². The van der Waals surface area contributed by atoms with Crippen molar-refractivity contribution in [2.24, 2.45) is 11.1 Å². The topological polar surface area (TPSA) is 60.2 Å². The third-order valence-electron chi connectivity index (χ3n) is 3.39. The number of sulfone groups is 1. The van der Waals surface area contributed by atoms with Crippen molar-refractivity contribution >= 4 is 9.84 Å². The minimum Gasteiger partial charge on any atom is -0.330 e. The van der Waals surface area contributed by atoms with E-state index in [1.54, 1.807) is 12.1 Å². The quantitative estimate of drug-likeness (QED) is 0.883. The van der Waals surface area contributed by atoms with Crippen molar-refractivity contribution in [2.45, 2.75) is 12.8 Å². The first kappa shape index (κ1) is 12.5. The largest absolute Gasteiger partial charge is 0.330 e. The van der Waals surface area contributed by atoms with Gasteiger partial charge < -0.3 is 5.73 Å². The Morgan fingerprint density at radius 3 is 2.41 bits per heavy atom. The van der Waals surface area contributed by atoms with Crippen LogP contribution >= 0.6 is 0 Å². The SMILES string of the molecule is NCC1(Cc2ccc(F)cc2)CCS(=O)(=O)C1. The maximum Gasteiger partial charge on any atom is 0.150 e. The average Bonchev–Trinajstić information content (AvgIpc) is 2.59. The van der Waals surface area contributed by atoms with Crippen LogP contribution in [0, 0.1) is 11.2 Å². The van der Waals surface area contributed by atoms with Gasteiger partial charge in [-0.1, -0.05) is 12.1 Å². The molecule has 1 heterocycles. The average molecular weight is 257 g/mol. The molecule has 1 saturated heterocycles. The molecular weight excluding hydrogens is 241 g/mol. The minimum atomic E-state index is -2.95. The Labute approximate surface area is 101 Å². The first-order chi connectivity index (χ1) is 7.95. The lowest BCUT2D eigenvalue weighted by Gasteiger charge is -2.25. The molecule has 1 aromatic carbocycles. The van der Waals surface area contributed by atoms with E-state index in [2.05, 4.69) is 0 Å². The molecular formula is C12H16FNO2S. The fourth-order valence-corrected chi connectivity index (χ4v) is 4.58. The summed E-state index contributed by atoms with van der Waals surface area (Å²) in [6.45, 7) is 0.351. The van der Waals surface area contributed by atoms with Gasteiger partial charge in [-0.05, 0) is 37.1 Å². The first-order valence-corrected chi connectivity index (χ1v) is 7.42. The van der Waals surface area contributed by atoms with Gasteiger partial charge in [0.25, 0.3) is 0 Å². The second-order valence-corrected chi connectivity index (χ2v) is 7.03. The molecule has 0 radical (unpaired) electrons. The smallest absolute Gasteiger partial charge is 0.150 e. The highest BCUT2D eigenvalue weighted by Crippen LogP contribution is 2.34. The maximum absolute atomic E-state index is 12.8. The molecule has 0 aliphatic carbocycles. The van der Waals surface area contributed by atoms with Gasteiger partial charge >= 0.3 is 0 Å². The molecule has 94 valence electrons. The molecule has 0 bridgehead atoms. The maximum atomic E-state index is 12.8. The second kappa shape index (κ2) is 4.38. The molecule has 5 heteroatoms. The van der Waals surface area contributed by atoms with Crippen molar-refractivity contribution in [1.82, 2.24) is 0 Å². The van der Waals surface area contributed by atoms with Crippen LogP contribution in [0.25, 0.3) is 0 Å². The van der Waals surface area contributed by atoms with Crippen LogP contribution in [0.2, 0.25) is 0 Å². The Morgan fingerprint density at radius 2 is 1.94 bits per heavy atom. The summed E-state index contributed by atoms with van der Waals surface area (Å²) in [5, 5.41) is 0. The van der Waals surface area contributed by atoms with Crippen molar-refractivity contribution in [3.8, 4) is 0 Å². The number of hydrogen-bond acceptors (Lipinski definition) is 3. The zero-order valence-electron chi connectivity index (χ0n) is 9.52. The molecule has 0 spiro atoms. The van der Waals surface area contributed by atoms with Crippen LogP contribution in [-0.4, -0.2) is 26.5 Å². The molecule has 2 rings (SSSR count). The molecule has 0 aromatic heterocycles. The standard InChI is InChI=1S/C12H16FNO2S/c13-11-3-1-10(2-4-11)7-12(8-14)5-6-17(15,16)9-12/h1-4H,5-9,14H2. The fraction of sp³-hybridized carbons (Fsp3) is 0.500. The van der Waals surface area contributed by atoms with Crippen molar-refractivity contribution in [3.05, 3.63) is 35.6 Å². The third-order valence-corrected chi connectivity index (χ3v) is 5.27. The van der Waals surface area contributed by atoms with E-state index < -0.39 is 9.84 Å². The van der Waals surface area contributed by atoms with Crippen LogP contribution in [0.4, 0.5) is 4.39 Å². The van der Waals surface area contributed by atoms with Crippen molar-refractivity contribution in [3.63, 3.8) is 0 Å². The van der Waals surface area contributed by atoms with Gasteiger partial charge in [-0.2, -0.15) is 0 Å². The Hall–Kier alpha value is -0.940. The normalized spacial score (nSPS) is 27.2. The highest BCUT2D eigenvalue weighted by molar-refractivity contribution is 7.91. The van der Waals surface area contributed by atoms with E-state index in [1.807, 2.05) is 0 Å². The van der Waals surface area contributed by atoms with Crippen LogP contribution in [-0.2, 0) is 16.3 Å². The summed E-state index contributed by atoms with van der Waals surface area (Å²) in [6, 6.07) is 6.17. The van der Waals surface area contributed by atoms with Crippen molar-refractivity contribution in [2.75, 3.05) is 18.1 Å². The predicted octanol–water partition coefficient (Wildman–Crippen LogP) is 1.13. The van der Waals surface area contributed by atoms with Gasteiger partial charge in [0.05, 0.1) is 11.5 Å². The zero-order valence-corrected chi connectivity index (χ0v) is 10.3. The number of hydrogen-bond donors (Lipinski definition) is 1. The molecule has 1 aliphatic rings. The lowest BCUT2D eigenvalue weighted by molar-refractivity contribution is 0.344. The molecule has 17 heavy (non-hydrogen) atoms. The molecule has 1 fully saturated rings. The van der Waals surface area contributed by atoms with Crippen LogP contribution in [0.1, 0.15) is 12.0 Å². The molecule has 2 N–H and O–H groups in total. The summed E-state index contributed by atoms with van der Waals surface area (Å²) >= 11 is 0. The highest BCUT2D eigenvalue weighted by Gasteiger charge is 2.41. The fourth-order valence-electron chi connectivity index (χ4n) is 2.39.